The molecule has 3 rings (SSSR count). The fraction of sp³-hybridized carbons (Fsp3) is 0.579. The van der Waals surface area contributed by atoms with Crippen LogP contribution in [0.25, 0.3) is 0 Å². The van der Waals surface area contributed by atoms with E-state index >= 15 is 0 Å². The highest BCUT2D eigenvalue weighted by Crippen LogP contribution is 2.23. The number of aromatic nitrogens is 1. The normalized spacial score (nSPS) is 19.2. The molecule has 2 saturated heterocycles. The first-order chi connectivity index (χ1) is 11.8. The number of amides is 1. The molecule has 3 heterocycles. The fourth-order valence-corrected chi connectivity index (χ4v) is 3.62. The number of hydrogen-bond donors (Lipinski definition) is 1. The summed E-state index contributed by atoms with van der Waals surface area (Å²) >= 11 is 0. The van der Waals surface area contributed by atoms with E-state index in [0.29, 0.717) is 5.56 Å². The number of carbonyl (C=O) groups is 1. The van der Waals surface area contributed by atoms with Crippen molar-refractivity contribution in [3.05, 3.63) is 23.9 Å². The van der Waals surface area contributed by atoms with Gasteiger partial charge in [0.25, 0.3) is 5.91 Å². The van der Waals surface area contributed by atoms with Gasteiger partial charge in [-0.2, -0.15) is 0 Å². The van der Waals surface area contributed by atoms with E-state index in [1.54, 1.807) is 6.20 Å². The van der Waals surface area contributed by atoms with Crippen molar-refractivity contribution in [2.75, 3.05) is 44.2 Å². The van der Waals surface area contributed by atoms with Crippen LogP contribution in [0.3, 0.4) is 0 Å². The van der Waals surface area contributed by atoms with Gasteiger partial charge < -0.3 is 15.1 Å². The van der Waals surface area contributed by atoms with Gasteiger partial charge in [0.15, 0.2) is 0 Å². The maximum atomic E-state index is 11.8. The minimum Gasteiger partial charge on any atom is -0.357 e. The number of nitrogens with zero attached hydrogens (tertiary/aromatic N) is 3. The molecule has 1 aromatic heterocycles. The molecule has 24 heavy (non-hydrogen) atoms. The van der Waals surface area contributed by atoms with Crippen LogP contribution in [0.15, 0.2) is 18.3 Å². The lowest BCUT2D eigenvalue weighted by molar-refractivity contribution is 0.0958. The van der Waals surface area contributed by atoms with Crippen molar-refractivity contribution >= 4 is 11.7 Å². The Morgan fingerprint density at radius 1 is 1.25 bits per heavy atom. The van der Waals surface area contributed by atoms with Crippen molar-refractivity contribution in [3.63, 3.8) is 0 Å². The summed E-state index contributed by atoms with van der Waals surface area (Å²) in [5.74, 6) is 4.00. The quantitative estimate of drug-likeness (QED) is 0.838. The van der Waals surface area contributed by atoms with Gasteiger partial charge in [-0.25, -0.2) is 4.98 Å². The maximum absolute atomic E-state index is 11.8. The van der Waals surface area contributed by atoms with Crippen LogP contribution in [0.1, 0.15) is 36.0 Å². The standard InChI is InChI=1S/C19H26N4O/c1-2-9-20-19(24)17-5-6-18(21-14-17)23-12-7-16(8-13-23)15-22-10-3-4-11-22/h1,5-6,14,16H,3-4,7-13,15H2,(H,20,24). The second-order valence-electron chi connectivity index (χ2n) is 6.73. The molecule has 2 aliphatic heterocycles. The summed E-state index contributed by atoms with van der Waals surface area (Å²) < 4.78 is 0. The van der Waals surface area contributed by atoms with Crippen LogP contribution >= 0.6 is 0 Å². The van der Waals surface area contributed by atoms with Gasteiger partial charge >= 0.3 is 0 Å². The van der Waals surface area contributed by atoms with Gasteiger partial charge in [0.1, 0.15) is 5.82 Å². The second kappa shape index (κ2) is 8.16. The maximum Gasteiger partial charge on any atom is 0.253 e. The third-order valence-corrected chi connectivity index (χ3v) is 5.01. The number of terminal acetylenes is 1. The lowest BCUT2D eigenvalue weighted by Crippen LogP contribution is -2.38. The summed E-state index contributed by atoms with van der Waals surface area (Å²) in [6, 6.07) is 3.76. The number of piperidine rings is 1. The summed E-state index contributed by atoms with van der Waals surface area (Å²) in [5, 5.41) is 2.65. The molecule has 0 aliphatic carbocycles. The minimum atomic E-state index is -0.170. The second-order valence-corrected chi connectivity index (χ2v) is 6.73. The molecule has 1 amide bonds. The molecule has 5 nitrogen and oxygen atoms in total. The molecular weight excluding hydrogens is 300 g/mol. The van der Waals surface area contributed by atoms with E-state index in [2.05, 4.69) is 26.0 Å². The van der Waals surface area contributed by atoms with E-state index in [9.17, 15) is 4.79 Å². The summed E-state index contributed by atoms with van der Waals surface area (Å²) in [6.45, 7) is 6.17. The Kier molecular flexibility index (Phi) is 5.71. The number of pyridine rings is 1. The Bertz CT molecular complexity index is 578. The monoisotopic (exact) mass is 326 g/mol. The van der Waals surface area contributed by atoms with Crippen LogP contribution in [0, 0.1) is 18.3 Å². The van der Waals surface area contributed by atoms with Crippen LogP contribution in [0.2, 0.25) is 0 Å². The van der Waals surface area contributed by atoms with Crippen molar-refractivity contribution in [1.82, 2.24) is 15.2 Å². The van der Waals surface area contributed by atoms with Crippen LogP contribution in [0.5, 0.6) is 0 Å². The van der Waals surface area contributed by atoms with E-state index in [4.69, 9.17) is 6.42 Å². The SMILES string of the molecule is C#CCNC(=O)c1ccc(N2CCC(CN3CCCC3)CC2)nc1. The van der Waals surface area contributed by atoms with E-state index in [1.165, 1.54) is 45.3 Å². The molecule has 5 heteroatoms. The van der Waals surface area contributed by atoms with Crippen molar-refractivity contribution in [1.29, 1.82) is 0 Å². The van der Waals surface area contributed by atoms with Crippen molar-refractivity contribution in [2.24, 2.45) is 5.92 Å². The molecule has 2 aliphatic rings. The molecule has 0 aromatic carbocycles. The van der Waals surface area contributed by atoms with Gasteiger partial charge in [0.05, 0.1) is 12.1 Å². The third kappa shape index (κ3) is 4.27. The molecule has 0 bridgehead atoms. The summed E-state index contributed by atoms with van der Waals surface area (Å²) in [6.07, 6.45) is 12.0. The molecule has 0 atom stereocenters. The van der Waals surface area contributed by atoms with E-state index in [-0.39, 0.29) is 12.5 Å². The number of carbonyl (C=O) groups excluding carboxylic acids is 1. The molecule has 1 aromatic rings. The number of hydrogen-bond acceptors (Lipinski definition) is 4. The van der Waals surface area contributed by atoms with Crippen molar-refractivity contribution in [3.8, 4) is 12.3 Å². The molecule has 1 N–H and O–H groups in total. The van der Waals surface area contributed by atoms with Gasteiger partial charge in [-0.05, 0) is 56.8 Å². The predicted octanol–water partition coefficient (Wildman–Crippen LogP) is 1.76. The average molecular weight is 326 g/mol. The molecule has 128 valence electrons. The fourth-order valence-electron chi connectivity index (χ4n) is 3.62. The summed E-state index contributed by atoms with van der Waals surface area (Å²) in [5.41, 5.74) is 0.554. The molecule has 0 unspecified atom stereocenters. The smallest absolute Gasteiger partial charge is 0.253 e. The van der Waals surface area contributed by atoms with E-state index in [0.717, 1.165) is 24.8 Å². The van der Waals surface area contributed by atoms with Crippen molar-refractivity contribution < 1.29 is 4.79 Å². The molecule has 0 radical (unpaired) electrons. The number of rotatable bonds is 5. The zero-order chi connectivity index (χ0) is 16.8. The first-order valence-corrected chi connectivity index (χ1v) is 8.91. The number of nitrogens with one attached hydrogen (secondary N) is 1. The summed E-state index contributed by atoms with van der Waals surface area (Å²) in [4.78, 5) is 21.2. The Morgan fingerprint density at radius 2 is 2.00 bits per heavy atom. The topological polar surface area (TPSA) is 48.5 Å². The van der Waals surface area contributed by atoms with Crippen LogP contribution in [0.4, 0.5) is 5.82 Å². The van der Waals surface area contributed by atoms with E-state index < -0.39 is 0 Å². The van der Waals surface area contributed by atoms with Gasteiger partial charge in [0.2, 0.25) is 0 Å². The first-order valence-electron chi connectivity index (χ1n) is 8.91. The van der Waals surface area contributed by atoms with Crippen LogP contribution in [-0.2, 0) is 0 Å². The summed E-state index contributed by atoms with van der Waals surface area (Å²) in [7, 11) is 0. The Balaban J connectivity index is 1.49. The van der Waals surface area contributed by atoms with Gasteiger partial charge in [-0.1, -0.05) is 5.92 Å². The minimum absolute atomic E-state index is 0.170. The predicted molar refractivity (Wildman–Crippen MR) is 96.0 cm³/mol. The zero-order valence-corrected chi connectivity index (χ0v) is 14.2. The average Bonchev–Trinajstić information content (AvgIpc) is 3.13. The molecule has 0 saturated carbocycles. The first kappa shape index (κ1) is 16.8. The van der Waals surface area contributed by atoms with Crippen molar-refractivity contribution in [2.45, 2.75) is 25.7 Å². The van der Waals surface area contributed by atoms with Gasteiger partial charge in [-0.15, -0.1) is 6.42 Å². The van der Waals surface area contributed by atoms with Crippen LogP contribution < -0.4 is 10.2 Å². The Morgan fingerprint density at radius 3 is 2.62 bits per heavy atom. The Labute approximate surface area is 144 Å². The highest BCUT2D eigenvalue weighted by molar-refractivity contribution is 5.94. The molecule has 0 spiro atoms. The van der Waals surface area contributed by atoms with Gasteiger partial charge in [-0.3, -0.25) is 4.79 Å². The zero-order valence-electron chi connectivity index (χ0n) is 14.2. The third-order valence-electron chi connectivity index (χ3n) is 5.01. The Hall–Kier alpha value is -2.06. The number of likely N-dealkylation sites (tertiary alicyclic amines) is 1. The largest absolute Gasteiger partial charge is 0.357 e. The van der Waals surface area contributed by atoms with Gasteiger partial charge in [0, 0.05) is 25.8 Å². The lowest BCUT2D eigenvalue weighted by Gasteiger charge is -2.34. The van der Waals surface area contributed by atoms with Crippen LogP contribution in [-0.4, -0.2) is 55.1 Å². The van der Waals surface area contributed by atoms with E-state index in [1.807, 2.05) is 12.1 Å². The number of anilines is 1. The lowest BCUT2D eigenvalue weighted by atomic mass is 9.96. The molecule has 2 fully saturated rings. The highest BCUT2D eigenvalue weighted by Gasteiger charge is 2.23. The molecular formula is C19H26N4O. The highest BCUT2D eigenvalue weighted by atomic mass is 16.1.